The number of pyridine rings is 1. The summed E-state index contributed by atoms with van der Waals surface area (Å²) >= 11 is 12.0. The van der Waals surface area contributed by atoms with E-state index in [0.29, 0.717) is 30.6 Å². The molecule has 0 bridgehead atoms. The highest BCUT2D eigenvalue weighted by Crippen LogP contribution is 2.63. The van der Waals surface area contributed by atoms with E-state index in [9.17, 15) is 31.9 Å². The molecule has 2 aromatic rings. The minimum Gasteiger partial charge on any atom is -0.481 e. The van der Waals surface area contributed by atoms with E-state index in [-0.39, 0.29) is 21.0 Å². The zero-order chi connectivity index (χ0) is 28.2. The van der Waals surface area contributed by atoms with Crippen molar-refractivity contribution in [1.29, 1.82) is 0 Å². The van der Waals surface area contributed by atoms with Crippen LogP contribution in [0.3, 0.4) is 0 Å². The fourth-order valence-electron chi connectivity index (χ4n) is 5.44. The lowest BCUT2D eigenvalue weighted by Gasteiger charge is -2.56. The van der Waals surface area contributed by atoms with Crippen LogP contribution in [0.25, 0.3) is 0 Å². The smallest absolute Gasteiger partial charge is 0.433 e. The molecule has 2 aliphatic rings. The second-order valence-corrected chi connectivity index (χ2v) is 11.5. The molecule has 0 saturated heterocycles. The Kier molecular flexibility index (Phi) is 7.28. The number of carboxylic acid groups (broad SMARTS) is 1. The summed E-state index contributed by atoms with van der Waals surface area (Å²) < 4.78 is 58.0. The van der Waals surface area contributed by atoms with Crippen LogP contribution in [0.2, 0.25) is 10.0 Å². The molecule has 0 aromatic carbocycles. The molecule has 2 saturated carbocycles. The van der Waals surface area contributed by atoms with Gasteiger partial charge in [0, 0.05) is 12.4 Å². The number of ketones is 1. The lowest BCUT2D eigenvalue weighted by atomic mass is 9.50. The van der Waals surface area contributed by atoms with E-state index in [0.717, 1.165) is 37.1 Å². The molecule has 0 radical (unpaired) electrons. The average molecular weight is 579 g/mol. The highest BCUT2D eigenvalue weighted by Gasteiger charge is 2.57. The molecule has 0 aliphatic heterocycles. The van der Waals surface area contributed by atoms with Gasteiger partial charge in [0.05, 0.1) is 52.4 Å². The van der Waals surface area contributed by atoms with Gasteiger partial charge in [-0.25, -0.2) is 4.39 Å². The minimum atomic E-state index is -4.98. The number of aliphatic carboxylic acids is 1. The standard InChI is InChI=1S/C24H24Cl2F4N4O4/c1-22(2,27)11-33(10-17(35)18-15(25)8-31-9-16(18)26)20(36)14-7-32-34(19(14)24(28,29)30)13-5-23(6-13)3-12(4-23)21(37)38/h7-9,12-13H,3-6,10-11H2,1-2H3,(H,37,38). The molecular formula is C24H24Cl2F4N4O4. The topological polar surface area (TPSA) is 105 Å². The maximum Gasteiger partial charge on any atom is 0.433 e. The van der Waals surface area contributed by atoms with E-state index >= 15 is 0 Å². The number of amides is 1. The second kappa shape index (κ2) is 9.78. The van der Waals surface area contributed by atoms with Crippen molar-refractivity contribution in [2.24, 2.45) is 11.3 Å². The SMILES string of the molecule is CC(C)(F)CN(CC(=O)c1c(Cl)cncc1Cl)C(=O)c1cnn(C2CC3(CC(C(=O)O)C3)C2)c1C(F)(F)F. The van der Waals surface area contributed by atoms with E-state index in [1.807, 2.05) is 0 Å². The number of hydrogen-bond acceptors (Lipinski definition) is 5. The summed E-state index contributed by atoms with van der Waals surface area (Å²) in [5.41, 5.74) is -4.71. The van der Waals surface area contributed by atoms with Crippen LogP contribution in [-0.4, -0.2) is 61.2 Å². The van der Waals surface area contributed by atoms with E-state index in [4.69, 9.17) is 28.3 Å². The third kappa shape index (κ3) is 5.51. The van der Waals surface area contributed by atoms with Crippen LogP contribution in [-0.2, 0) is 11.0 Å². The monoisotopic (exact) mass is 578 g/mol. The first-order valence-electron chi connectivity index (χ1n) is 11.7. The first-order valence-corrected chi connectivity index (χ1v) is 12.4. The molecule has 4 rings (SSSR count). The molecule has 0 atom stereocenters. The fraction of sp³-hybridized carbons (Fsp3) is 0.542. The van der Waals surface area contributed by atoms with E-state index in [1.54, 1.807) is 0 Å². The normalized spacial score (nSPS) is 23.1. The molecule has 1 N–H and O–H groups in total. The zero-order valence-corrected chi connectivity index (χ0v) is 21.9. The third-order valence-corrected chi connectivity index (χ3v) is 7.58. The highest BCUT2D eigenvalue weighted by atomic mass is 35.5. The van der Waals surface area contributed by atoms with Crippen LogP contribution in [0.4, 0.5) is 17.6 Å². The largest absolute Gasteiger partial charge is 0.481 e. The number of carbonyl (C=O) groups is 3. The van der Waals surface area contributed by atoms with Gasteiger partial charge in [-0.1, -0.05) is 23.2 Å². The Morgan fingerprint density at radius 1 is 1.08 bits per heavy atom. The van der Waals surface area contributed by atoms with E-state index in [1.165, 1.54) is 0 Å². The van der Waals surface area contributed by atoms with Gasteiger partial charge in [0.2, 0.25) is 0 Å². The number of alkyl halides is 4. The number of carbonyl (C=O) groups excluding carboxylic acids is 2. The van der Waals surface area contributed by atoms with E-state index < -0.39 is 65.8 Å². The van der Waals surface area contributed by atoms with Crippen LogP contribution < -0.4 is 0 Å². The Bertz CT molecular complexity index is 1260. The quantitative estimate of drug-likeness (QED) is 0.328. The summed E-state index contributed by atoms with van der Waals surface area (Å²) in [6, 6.07) is -0.676. The molecule has 2 heterocycles. The van der Waals surface area contributed by atoms with Crippen LogP contribution in [0.1, 0.15) is 72.0 Å². The van der Waals surface area contributed by atoms with Gasteiger partial charge in [-0.3, -0.25) is 24.0 Å². The Morgan fingerprint density at radius 3 is 2.16 bits per heavy atom. The number of hydrogen-bond donors (Lipinski definition) is 1. The van der Waals surface area contributed by atoms with Crippen LogP contribution in [0.5, 0.6) is 0 Å². The molecular weight excluding hydrogens is 555 g/mol. The highest BCUT2D eigenvalue weighted by molar-refractivity contribution is 6.39. The van der Waals surface area contributed by atoms with Gasteiger partial charge >= 0.3 is 12.1 Å². The number of carboxylic acids is 1. The van der Waals surface area contributed by atoms with Crippen molar-refractivity contribution in [3.05, 3.63) is 45.5 Å². The first kappa shape index (κ1) is 28.3. The van der Waals surface area contributed by atoms with Crippen LogP contribution >= 0.6 is 23.2 Å². The predicted molar refractivity (Wildman–Crippen MR) is 128 cm³/mol. The molecule has 38 heavy (non-hydrogen) atoms. The molecule has 14 heteroatoms. The summed E-state index contributed by atoms with van der Waals surface area (Å²) in [4.78, 5) is 41.9. The predicted octanol–water partition coefficient (Wildman–Crippen LogP) is 5.49. The molecule has 1 amide bonds. The number of halogens is 6. The Labute approximate surface area is 224 Å². The maximum absolute atomic E-state index is 14.6. The van der Waals surface area contributed by atoms with Crippen LogP contribution in [0, 0.1) is 11.3 Å². The summed E-state index contributed by atoms with van der Waals surface area (Å²) in [7, 11) is 0. The van der Waals surface area contributed by atoms with Crippen molar-refractivity contribution >= 4 is 40.9 Å². The van der Waals surface area contributed by atoms with Crippen molar-refractivity contribution in [3.8, 4) is 0 Å². The number of rotatable bonds is 8. The van der Waals surface area contributed by atoms with Crippen molar-refractivity contribution < 1.29 is 37.1 Å². The molecule has 2 aromatic heterocycles. The van der Waals surface area contributed by atoms with Gasteiger partial charge < -0.3 is 10.0 Å². The van der Waals surface area contributed by atoms with Crippen LogP contribution in [0.15, 0.2) is 18.6 Å². The number of aromatic nitrogens is 3. The average Bonchev–Trinajstić information content (AvgIpc) is 3.14. The third-order valence-electron chi connectivity index (χ3n) is 7.01. The van der Waals surface area contributed by atoms with Gasteiger partial charge in [-0.05, 0) is 44.9 Å². The molecule has 1 spiro atoms. The summed E-state index contributed by atoms with van der Waals surface area (Å²) in [5, 5.41) is 12.7. The van der Waals surface area contributed by atoms with Gasteiger partial charge in [0.25, 0.3) is 5.91 Å². The first-order chi connectivity index (χ1) is 17.5. The minimum absolute atomic E-state index is 0.127. The fourth-order valence-corrected chi connectivity index (χ4v) is 6.01. The van der Waals surface area contributed by atoms with Crippen molar-refractivity contribution in [3.63, 3.8) is 0 Å². The Balaban J connectivity index is 1.62. The molecule has 2 aliphatic carbocycles. The van der Waals surface area contributed by atoms with Gasteiger partial charge in [0.1, 0.15) is 5.67 Å². The summed E-state index contributed by atoms with van der Waals surface area (Å²) in [5.74, 6) is -3.47. The number of nitrogens with zero attached hydrogens (tertiary/aromatic N) is 4. The van der Waals surface area contributed by atoms with Gasteiger partial charge in [-0.15, -0.1) is 0 Å². The van der Waals surface area contributed by atoms with Gasteiger partial charge in [0.15, 0.2) is 11.5 Å². The lowest BCUT2D eigenvalue weighted by molar-refractivity contribution is -0.160. The second-order valence-electron chi connectivity index (χ2n) is 10.6. The zero-order valence-electron chi connectivity index (χ0n) is 20.4. The lowest BCUT2D eigenvalue weighted by Crippen LogP contribution is -2.50. The number of Topliss-reactive ketones (excluding diaryl/α,β-unsaturated/α-hetero) is 1. The van der Waals surface area contributed by atoms with Crippen molar-refractivity contribution in [2.45, 2.75) is 57.4 Å². The van der Waals surface area contributed by atoms with Crippen molar-refractivity contribution in [2.75, 3.05) is 13.1 Å². The van der Waals surface area contributed by atoms with Gasteiger partial charge in [-0.2, -0.15) is 18.3 Å². The maximum atomic E-state index is 14.6. The molecule has 206 valence electrons. The Hall–Kier alpha value is -2.73. The summed E-state index contributed by atoms with van der Waals surface area (Å²) in [6.45, 7) is 0.759. The molecule has 2 fully saturated rings. The molecule has 8 nitrogen and oxygen atoms in total. The van der Waals surface area contributed by atoms with Crippen molar-refractivity contribution in [1.82, 2.24) is 19.7 Å². The Morgan fingerprint density at radius 2 is 1.66 bits per heavy atom. The van der Waals surface area contributed by atoms with E-state index in [2.05, 4.69) is 10.1 Å². The summed E-state index contributed by atoms with van der Waals surface area (Å²) in [6.07, 6.45) is -0.558. The molecule has 0 unspecified atom stereocenters.